The number of ether oxygens (including phenoxy) is 1. The number of hydrogen-bond acceptors (Lipinski definition) is 3. The molecule has 0 unspecified atom stereocenters. The Morgan fingerprint density at radius 1 is 0.947 bits per heavy atom. The lowest BCUT2D eigenvalue weighted by Crippen LogP contribution is -2.53. The van der Waals surface area contributed by atoms with Gasteiger partial charge in [0.2, 0.25) is 5.91 Å². The van der Waals surface area contributed by atoms with E-state index in [-0.39, 0.29) is 31.0 Å². The number of nitrogens with zero attached hydrogens (tertiary/aromatic N) is 1. The van der Waals surface area contributed by atoms with Crippen molar-refractivity contribution in [1.82, 2.24) is 10.2 Å². The zero-order chi connectivity index (χ0) is 27.1. The van der Waals surface area contributed by atoms with Crippen molar-refractivity contribution in [3.63, 3.8) is 0 Å². The molecule has 1 N–H and O–H groups in total. The molecular formula is C31H34Cl2N2O3. The van der Waals surface area contributed by atoms with E-state index in [2.05, 4.69) is 5.32 Å². The molecule has 0 aromatic heterocycles. The predicted octanol–water partition coefficient (Wildman–Crippen LogP) is 6.69. The summed E-state index contributed by atoms with van der Waals surface area (Å²) in [6.07, 6.45) is 4.44. The molecule has 1 aliphatic carbocycles. The molecule has 0 spiro atoms. The van der Waals surface area contributed by atoms with Gasteiger partial charge >= 0.3 is 0 Å². The molecule has 1 atom stereocenters. The summed E-state index contributed by atoms with van der Waals surface area (Å²) in [7, 11) is 0. The highest BCUT2D eigenvalue weighted by atomic mass is 35.5. The molecule has 1 aliphatic rings. The van der Waals surface area contributed by atoms with Crippen LogP contribution < -0.4 is 10.1 Å². The Labute approximate surface area is 235 Å². The average Bonchev–Trinajstić information content (AvgIpc) is 3.42. The average molecular weight is 554 g/mol. The third-order valence-electron chi connectivity index (χ3n) is 7.27. The monoisotopic (exact) mass is 552 g/mol. The van der Waals surface area contributed by atoms with Crippen LogP contribution in [0.3, 0.4) is 0 Å². The normalized spacial score (nSPS) is 14.2. The maximum absolute atomic E-state index is 13.8. The minimum Gasteiger partial charge on any atom is -0.483 e. The number of benzene rings is 3. The van der Waals surface area contributed by atoms with Gasteiger partial charge in [-0.15, -0.1) is 0 Å². The summed E-state index contributed by atoms with van der Waals surface area (Å²) < 4.78 is 5.98. The molecule has 3 aromatic carbocycles. The first-order valence-electron chi connectivity index (χ1n) is 13.1. The summed E-state index contributed by atoms with van der Waals surface area (Å²) in [5, 5.41) is 4.09. The van der Waals surface area contributed by atoms with Gasteiger partial charge < -0.3 is 15.0 Å². The van der Waals surface area contributed by atoms with Crippen molar-refractivity contribution in [2.75, 3.05) is 6.61 Å². The number of nitrogens with one attached hydrogen (secondary N) is 1. The van der Waals surface area contributed by atoms with Crippen LogP contribution in [-0.4, -0.2) is 35.4 Å². The Bertz CT molecular complexity index is 1240. The SMILES string of the molecule is Cc1cccc(OCC(=O)N(Cc2c(Cl)cccc2Cl)[C@H](Cc2ccccc2)C(=O)NC2CCCC2)c1C. The van der Waals surface area contributed by atoms with E-state index in [0.717, 1.165) is 42.4 Å². The van der Waals surface area contributed by atoms with Gasteiger partial charge in [-0.3, -0.25) is 9.59 Å². The van der Waals surface area contributed by atoms with Gasteiger partial charge in [-0.2, -0.15) is 0 Å². The van der Waals surface area contributed by atoms with Crippen molar-refractivity contribution in [2.45, 2.75) is 64.6 Å². The third kappa shape index (κ3) is 7.09. The maximum Gasteiger partial charge on any atom is 0.261 e. The van der Waals surface area contributed by atoms with Crippen molar-refractivity contribution in [3.05, 3.63) is 99.0 Å². The van der Waals surface area contributed by atoms with E-state index in [0.29, 0.717) is 27.8 Å². The fourth-order valence-electron chi connectivity index (χ4n) is 4.88. The second-order valence-corrected chi connectivity index (χ2v) is 10.7. The summed E-state index contributed by atoms with van der Waals surface area (Å²) in [5.41, 5.74) is 3.61. The van der Waals surface area contributed by atoms with Crippen molar-refractivity contribution in [3.8, 4) is 5.75 Å². The van der Waals surface area contributed by atoms with Crippen LogP contribution >= 0.6 is 23.2 Å². The zero-order valence-electron chi connectivity index (χ0n) is 21.9. The molecule has 1 saturated carbocycles. The van der Waals surface area contributed by atoms with E-state index in [1.54, 1.807) is 23.1 Å². The molecule has 3 aromatic rings. The van der Waals surface area contributed by atoms with Crippen molar-refractivity contribution < 1.29 is 14.3 Å². The van der Waals surface area contributed by atoms with Gasteiger partial charge in [-0.1, -0.05) is 84.6 Å². The molecule has 0 bridgehead atoms. The summed E-state index contributed by atoms with van der Waals surface area (Å²) in [4.78, 5) is 29.2. The highest BCUT2D eigenvalue weighted by Gasteiger charge is 2.33. The Kier molecular flexibility index (Phi) is 9.70. The first-order valence-corrected chi connectivity index (χ1v) is 13.8. The van der Waals surface area contributed by atoms with Gasteiger partial charge in [-0.05, 0) is 61.6 Å². The van der Waals surface area contributed by atoms with Crippen LogP contribution in [0.1, 0.15) is 47.9 Å². The fourth-order valence-corrected chi connectivity index (χ4v) is 5.40. The third-order valence-corrected chi connectivity index (χ3v) is 7.98. The predicted molar refractivity (Wildman–Crippen MR) is 153 cm³/mol. The van der Waals surface area contributed by atoms with Gasteiger partial charge in [-0.25, -0.2) is 0 Å². The first-order chi connectivity index (χ1) is 18.3. The van der Waals surface area contributed by atoms with Gasteiger partial charge in [0.15, 0.2) is 6.61 Å². The van der Waals surface area contributed by atoms with E-state index in [1.807, 2.05) is 62.4 Å². The fraction of sp³-hybridized carbons (Fsp3) is 0.355. The summed E-state index contributed by atoms with van der Waals surface area (Å²) in [5.74, 6) is 0.150. The molecular weight excluding hydrogens is 519 g/mol. The molecule has 5 nitrogen and oxygen atoms in total. The van der Waals surface area contributed by atoms with Crippen LogP contribution in [0.2, 0.25) is 10.0 Å². The smallest absolute Gasteiger partial charge is 0.261 e. The van der Waals surface area contributed by atoms with E-state index in [1.165, 1.54) is 0 Å². The van der Waals surface area contributed by atoms with E-state index < -0.39 is 6.04 Å². The number of hydrogen-bond donors (Lipinski definition) is 1. The van der Waals surface area contributed by atoms with E-state index in [9.17, 15) is 9.59 Å². The molecule has 0 aliphatic heterocycles. The molecule has 2 amide bonds. The summed E-state index contributed by atoms with van der Waals surface area (Å²) in [6, 6.07) is 20.1. The van der Waals surface area contributed by atoms with Crippen LogP contribution in [0.5, 0.6) is 5.75 Å². The van der Waals surface area contributed by atoms with Crippen LogP contribution in [0.4, 0.5) is 0 Å². The Morgan fingerprint density at radius 2 is 1.61 bits per heavy atom. The second kappa shape index (κ2) is 13.2. The van der Waals surface area contributed by atoms with Gasteiger partial charge in [0.05, 0.1) is 0 Å². The number of carbonyl (C=O) groups is 2. The van der Waals surface area contributed by atoms with Crippen molar-refractivity contribution >= 4 is 35.0 Å². The van der Waals surface area contributed by atoms with Crippen molar-refractivity contribution in [2.24, 2.45) is 0 Å². The van der Waals surface area contributed by atoms with Crippen LogP contribution in [0.15, 0.2) is 66.7 Å². The molecule has 0 heterocycles. The second-order valence-electron chi connectivity index (χ2n) is 9.90. The van der Waals surface area contributed by atoms with Gasteiger partial charge in [0.25, 0.3) is 5.91 Å². The van der Waals surface area contributed by atoms with Gasteiger partial charge in [0, 0.05) is 34.6 Å². The number of rotatable bonds is 10. The standard InChI is InChI=1S/C31H34Cl2N2O3/c1-21-10-8-17-29(22(21)2)38-20-30(36)35(19-25-26(32)15-9-16-27(25)33)28(18-23-11-4-3-5-12-23)31(37)34-24-13-6-7-14-24/h3-5,8-12,15-17,24,28H,6-7,13-14,18-20H2,1-2H3,(H,34,37)/t28-/m1/s1. The minimum atomic E-state index is -0.764. The summed E-state index contributed by atoms with van der Waals surface area (Å²) in [6.45, 7) is 3.83. The van der Waals surface area contributed by atoms with E-state index >= 15 is 0 Å². The van der Waals surface area contributed by atoms with Crippen LogP contribution in [-0.2, 0) is 22.6 Å². The molecule has 0 radical (unpaired) electrons. The number of amides is 2. The highest BCUT2D eigenvalue weighted by Crippen LogP contribution is 2.28. The van der Waals surface area contributed by atoms with Crippen LogP contribution in [0.25, 0.3) is 0 Å². The molecule has 200 valence electrons. The zero-order valence-corrected chi connectivity index (χ0v) is 23.4. The van der Waals surface area contributed by atoms with E-state index in [4.69, 9.17) is 27.9 Å². The quantitative estimate of drug-likeness (QED) is 0.305. The topological polar surface area (TPSA) is 58.6 Å². The minimum absolute atomic E-state index is 0.0864. The maximum atomic E-state index is 13.8. The molecule has 1 fully saturated rings. The molecule has 0 saturated heterocycles. The lowest BCUT2D eigenvalue weighted by molar-refractivity contribution is -0.143. The first kappa shape index (κ1) is 28.0. The number of carbonyl (C=O) groups excluding carboxylic acids is 2. The number of aryl methyl sites for hydroxylation is 1. The Balaban J connectivity index is 1.66. The van der Waals surface area contributed by atoms with Crippen molar-refractivity contribution in [1.29, 1.82) is 0 Å². The Morgan fingerprint density at radius 3 is 2.29 bits per heavy atom. The highest BCUT2D eigenvalue weighted by molar-refractivity contribution is 6.36. The molecule has 7 heteroatoms. The number of halogens is 2. The lowest BCUT2D eigenvalue weighted by Gasteiger charge is -2.32. The van der Waals surface area contributed by atoms with Gasteiger partial charge in [0.1, 0.15) is 11.8 Å². The van der Waals surface area contributed by atoms with Crippen LogP contribution in [0, 0.1) is 13.8 Å². The molecule has 4 rings (SSSR count). The largest absolute Gasteiger partial charge is 0.483 e. The Hall–Kier alpha value is -3.02. The summed E-state index contributed by atoms with van der Waals surface area (Å²) >= 11 is 13.0. The lowest BCUT2D eigenvalue weighted by atomic mass is 10.0. The molecule has 38 heavy (non-hydrogen) atoms.